The van der Waals surface area contributed by atoms with Crippen LogP contribution in [-0.2, 0) is 4.79 Å². The van der Waals surface area contributed by atoms with Crippen molar-refractivity contribution in [2.75, 3.05) is 6.54 Å². The van der Waals surface area contributed by atoms with E-state index in [0.717, 1.165) is 12.8 Å². The van der Waals surface area contributed by atoms with Gasteiger partial charge in [0.25, 0.3) is 0 Å². The lowest BCUT2D eigenvalue weighted by molar-refractivity contribution is -0.139. The van der Waals surface area contributed by atoms with Crippen molar-refractivity contribution in [3.05, 3.63) is 0 Å². The Morgan fingerprint density at radius 3 is 2.53 bits per heavy atom. The molecule has 1 heterocycles. The van der Waals surface area contributed by atoms with E-state index in [4.69, 9.17) is 5.11 Å². The SMILES string of the molecule is CC(C)C[C@H](NC(=O)N1CCCC(C)C1C)C(=O)O. The molecule has 19 heavy (non-hydrogen) atoms. The van der Waals surface area contributed by atoms with Crippen LogP contribution in [0.1, 0.15) is 47.0 Å². The molecule has 0 aromatic carbocycles. The fourth-order valence-corrected chi connectivity index (χ4v) is 2.55. The Bertz CT molecular complexity index is 331. The van der Waals surface area contributed by atoms with Crippen LogP contribution < -0.4 is 5.32 Å². The summed E-state index contributed by atoms with van der Waals surface area (Å²) in [6.45, 7) is 8.78. The van der Waals surface area contributed by atoms with Gasteiger partial charge >= 0.3 is 12.0 Å². The minimum Gasteiger partial charge on any atom is -0.480 e. The molecule has 2 N–H and O–H groups in total. The number of rotatable bonds is 4. The third-order valence-electron chi connectivity index (χ3n) is 3.94. The first-order chi connectivity index (χ1) is 8.82. The van der Waals surface area contributed by atoms with Gasteiger partial charge in [0.1, 0.15) is 6.04 Å². The Morgan fingerprint density at radius 2 is 2.00 bits per heavy atom. The summed E-state index contributed by atoms with van der Waals surface area (Å²) in [5.41, 5.74) is 0. The summed E-state index contributed by atoms with van der Waals surface area (Å²) < 4.78 is 0. The highest BCUT2D eigenvalue weighted by Crippen LogP contribution is 2.22. The number of amides is 2. The standard InChI is InChI=1S/C14H26N2O3/c1-9(2)8-12(13(17)18)15-14(19)16-7-5-6-10(3)11(16)4/h9-12H,5-8H2,1-4H3,(H,15,19)(H,17,18)/t10?,11?,12-/m0/s1. The lowest BCUT2D eigenvalue weighted by atomic mass is 9.92. The lowest BCUT2D eigenvalue weighted by Gasteiger charge is -2.38. The van der Waals surface area contributed by atoms with E-state index in [1.165, 1.54) is 0 Å². The van der Waals surface area contributed by atoms with Gasteiger partial charge in [-0.05, 0) is 38.0 Å². The Balaban J connectivity index is 2.63. The second-order valence-electron chi connectivity index (χ2n) is 6.02. The average molecular weight is 270 g/mol. The summed E-state index contributed by atoms with van der Waals surface area (Å²) in [6.07, 6.45) is 2.57. The van der Waals surface area contributed by atoms with E-state index in [0.29, 0.717) is 18.9 Å². The maximum Gasteiger partial charge on any atom is 0.326 e. The molecule has 1 saturated heterocycles. The van der Waals surface area contributed by atoms with Crippen molar-refractivity contribution in [3.8, 4) is 0 Å². The van der Waals surface area contributed by atoms with Gasteiger partial charge in [0, 0.05) is 12.6 Å². The van der Waals surface area contributed by atoms with Crippen molar-refractivity contribution in [3.63, 3.8) is 0 Å². The third-order valence-corrected chi connectivity index (χ3v) is 3.94. The van der Waals surface area contributed by atoms with Gasteiger partial charge in [-0.3, -0.25) is 0 Å². The van der Waals surface area contributed by atoms with E-state index in [9.17, 15) is 9.59 Å². The Hall–Kier alpha value is -1.26. The number of likely N-dealkylation sites (tertiary alicyclic amines) is 1. The molecule has 110 valence electrons. The van der Waals surface area contributed by atoms with E-state index < -0.39 is 12.0 Å². The van der Waals surface area contributed by atoms with Crippen molar-refractivity contribution in [2.24, 2.45) is 11.8 Å². The Labute approximate surface area is 115 Å². The summed E-state index contributed by atoms with van der Waals surface area (Å²) in [5, 5.41) is 11.8. The highest BCUT2D eigenvalue weighted by atomic mass is 16.4. The topological polar surface area (TPSA) is 69.6 Å². The van der Waals surface area contributed by atoms with Crippen LogP contribution in [0.5, 0.6) is 0 Å². The second kappa shape index (κ2) is 6.78. The number of piperidine rings is 1. The zero-order valence-electron chi connectivity index (χ0n) is 12.3. The van der Waals surface area contributed by atoms with Gasteiger partial charge in [0.15, 0.2) is 0 Å². The predicted molar refractivity (Wildman–Crippen MR) is 74.0 cm³/mol. The summed E-state index contributed by atoms with van der Waals surface area (Å²) in [5.74, 6) is -0.258. The van der Waals surface area contributed by atoms with Crippen LogP contribution in [0.3, 0.4) is 0 Å². The highest BCUT2D eigenvalue weighted by molar-refractivity contribution is 5.82. The zero-order chi connectivity index (χ0) is 14.6. The number of hydrogen-bond acceptors (Lipinski definition) is 2. The summed E-state index contributed by atoms with van der Waals surface area (Å²) in [7, 11) is 0. The molecule has 0 aromatic heterocycles. The summed E-state index contributed by atoms with van der Waals surface area (Å²) in [6, 6.07) is -0.869. The number of carbonyl (C=O) groups excluding carboxylic acids is 1. The van der Waals surface area contributed by atoms with Gasteiger partial charge in [-0.25, -0.2) is 9.59 Å². The molecule has 0 saturated carbocycles. The molecule has 0 aliphatic carbocycles. The minimum atomic E-state index is -0.959. The van der Waals surface area contributed by atoms with Crippen LogP contribution >= 0.6 is 0 Å². The molecule has 3 atom stereocenters. The van der Waals surface area contributed by atoms with E-state index in [1.807, 2.05) is 20.8 Å². The molecule has 1 rings (SSSR count). The monoisotopic (exact) mass is 270 g/mol. The van der Waals surface area contributed by atoms with Gasteiger partial charge in [-0.1, -0.05) is 20.8 Å². The average Bonchev–Trinajstić information content (AvgIpc) is 2.31. The van der Waals surface area contributed by atoms with E-state index >= 15 is 0 Å². The number of carboxylic acid groups (broad SMARTS) is 1. The van der Waals surface area contributed by atoms with Gasteiger partial charge < -0.3 is 15.3 Å². The van der Waals surface area contributed by atoms with Crippen molar-refractivity contribution in [2.45, 2.75) is 59.0 Å². The predicted octanol–water partition coefficient (Wildman–Crippen LogP) is 2.32. The fourth-order valence-electron chi connectivity index (χ4n) is 2.55. The second-order valence-corrected chi connectivity index (χ2v) is 6.02. The Kier molecular flexibility index (Phi) is 5.63. The van der Waals surface area contributed by atoms with Gasteiger partial charge in [-0.2, -0.15) is 0 Å². The molecule has 0 spiro atoms. The van der Waals surface area contributed by atoms with Crippen LogP contribution in [0, 0.1) is 11.8 Å². The van der Waals surface area contributed by atoms with Crippen LogP contribution in [0.25, 0.3) is 0 Å². The maximum atomic E-state index is 12.2. The number of aliphatic carboxylic acids is 1. The summed E-state index contributed by atoms with van der Waals surface area (Å²) >= 11 is 0. The normalized spacial score (nSPS) is 25.2. The van der Waals surface area contributed by atoms with Crippen molar-refractivity contribution in [1.29, 1.82) is 0 Å². The number of carboxylic acids is 1. The summed E-state index contributed by atoms with van der Waals surface area (Å²) in [4.78, 5) is 25.1. The first-order valence-corrected chi connectivity index (χ1v) is 7.12. The highest BCUT2D eigenvalue weighted by Gasteiger charge is 2.30. The quantitative estimate of drug-likeness (QED) is 0.823. The van der Waals surface area contributed by atoms with E-state index in [-0.39, 0.29) is 18.0 Å². The minimum absolute atomic E-state index is 0.169. The van der Waals surface area contributed by atoms with Gasteiger partial charge in [0.05, 0.1) is 0 Å². The van der Waals surface area contributed by atoms with Crippen LogP contribution in [-0.4, -0.2) is 40.6 Å². The van der Waals surface area contributed by atoms with Crippen LogP contribution in [0.15, 0.2) is 0 Å². The molecule has 5 heteroatoms. The molecule has 1 aliphatic rings. The third kappa shape index (κ3) is 4.40. The van der Waals surface area contributed by atoms with Gasteiger partial charge in [0.2, 0.25) is 0 Å². The molecular weight excluding hydrogens is 244 g/mol. The number of hydrogen-bond donors (Lipinski definition) is 2. The molecule has 0 bridgehead atoms. The maximum absolute atomic E-state index is 12.2. The van der Waals surface area contributed by atoms with Gasteiger partial charge in [-0.15, -0.1) is 0 Å². The molecule has 2 unspecified atom stereocenters. The molecule has 2 amide bonds. The number of urea groups is 1. The number of carbonyl (C=O) groups is 2. The smallest absolute Gasteiger partial charge is 0.326 e. The van der Waals surface area contributed by atoms with Crippen LogP contribution in [0.4, 0.5) is 4.79 Å². The van der Waals surface area contributed by atoms with Crippen molar-refractivity contribution < 1.29 is 14.7 Å². The van der Waals surface area contributed by atoms with Crippen molar-refractivity contribution in [1.82, 2.24) is 10.2 Å². The number of nitrogens with zero attached hydrogens (tertiary/aromatic N) is 1. The molecule has 1 fully saturated rings. The molecule has 0 aromatic rings. The molecule has 0 radical (unpaired) electrons. The molecule has 5 nitrogen and oxygen atoms in total. The zero-order valence-corrected chi connectivity index (χ0v) is 12.3. The molecule has 1 aliphatic heterocycles. The fraction of sp³-hybridized carbons (Fsp3) is 0.857. The first kappa shape index (κ1) is 15.8. The van der Waals surface area contributed by atoms with Crippen LogP contribution in [0.2, 0.25) is 0 Å². The Morgan fingerprint density at radius 1 is 1.37 bits per heavy atom. The molecular formula is C14H26N2O3. The van der Waals surface area contributed by atoms with E-state index in [2.05, 4.69) is 12.2 Å². The lowest BCUT2D eigenvalue weighted by Crippen LogP contribution is -2.54. The largest absolute Gasteiger partial charge is 0.480 e. The van der Waals surface area contributed by atoms with E-state index in [1.54, 1.807) is 4.90 Å². The number of nitrogens with one attached hydrogen (secondary N) is 1. The van der Waals surface area contributed by atoms with Crippen molar-refractivity contribution >= 4 is 12.0 Å². The first-order valence-electron chi connectivity index (χ1n) is 7.12.